The maximum absolute atomic E-state index is 5.31. The first-order valence-corrected chi connectivity index (χ1v) is 4.88. The summed E-state index contributed by atoms with van der Waals surface area (Å²) in [5.41, 5.74) is 0. The lowest BCUT2D eigenvalue weighted by molar-refractivity contribution is 0.332. The maximum Gasteiger partial charge on any atom is 0.132 e. The predicted octanol–water partition coefficient (Wildman–Crippen LogP) is 2.98. The largest absolute Gasteiger partial charge is 0.493 e. The minimum Gasteiger partial charge on any atom is -0.493 e. The predicted molar refractivity (Wildman–Crippen MR) is 57.6 cm³/mol. The van der Waals surface area contributed by atoms with Crippen molar-refractivity contribution in [3.05, 3.63) is 21.8 Å². The van der Waals surface area contributed by atoms with E-state index in [1.807, 2.05) is 25.1 Å². The zero-order chi connectivity index (χ0) is 8.27. The molecule has 1 aromatic rings. The van der Waals surface area contributed by atoms with Crippen LogP contribution in [0.25, 0.3) is 0 Å². The van der Waals surface area contributed by atoms with Gasteiger partial charge >= 0.3 is 0 Å². The number of hydrogen-bond donors (Lipinski definition) is 1. The second-order valence-electron chi connectivity index (χ2n) is 2.05. The Hall–Kier alpha value is 0.1000. The fraction of sp³-hybridized carbons (Fsp3) is 0.250. The zero-order valence-corrected chi connectivity index (χ0v) is 9.22. The quantitative estimate of drug-likeness (QED) is 0.647. The van der Waals surface area contributed by atoms with Crippen LogP contribution in [0.3, 0.4) is 0 Å². The van der Waals surface area contributed by atoms with Crippen LogP contribution >= 0.6 is 35.2 Å². The van der Waals surface area contributed by atoms with Gasteiger partial charge in [-0.1, -0.05) is 0 Å². The first-order valence-electron chi connectivity index (χ1n) is 3.35. The summed E-state index contributed by atoms with van der Waals surface area (Å²) in [6.45, 7) is 2.65. The monoisotopic (exact) mass is 280 g/mol. The molecule has 0 heterocycles. The fourth-order valence-electron chi connectivity index (χ4n) is 0.768. The molecule has 1 rings (SSSR count). The Bertz CT molecular complexity index is 250. The number of benzene rings is 1. The molecule has 0 bridgehead atoms. The molecule has 0 N–H and O–H groups in total. The fourth-order valence-corrected chi connectivity index (χ4v) is 1.78. The van der Waals surface area contributed by atoms with Gasteiger partial charge < -0.3 is 4.74 Å². The summed E-state index contributed by atoms with van der Waals surface area (Å²) < 4.78 is 6.49. The molecule has 11 heavy (non-hydrogen) atoms. The molecule has 0 aromatic heterocycles. The number of hydrogen-bond acceptors (Lipinski definition) is 2. The number of rotatable bonds is 2. The molecule has 0 saturated carbocycles. The molecular formula is C8H9IOS. The average Bonchev–Trinajstić information content (AvgIpc) is 1.95. The van der Waals surface area contributed by atoms with Crippen LogP contribution in [0.1, 0.15) is 6.92 Å². The standard InChI is InChI=1S/C8H9IOS/c1-2-10-7-4-3-6(9)5-8(7)11/h3-5,11H,2H2,1H3. The highest BCUT2D eigenvalue weighted by molar-refractivity contribution is 14.1. The third-order valence-corrected chi connectivity index (χ3v) is 2.24. The molecular weight excluding hydrogens is 271 g/mol. The van der Waals surface area contributed by atoms with Crippen molar-refractivity contribution in [3.8, 4) is 5.75 Å². The normalized spacial score (nSPS) is 9.73. The molecule has 0 aliphatic heterocycles. The van der Waals surface area contributed by atoms with Gasteiger partial charge in [-0.05, 0) is 47.7 Å². The van der Waals surface area contributed by atoms with Crippen molar-refractivity contribution < 1.29 is 4.74 Å². The summed E-state index contributed by atoms with van der Waals surface area (Å²) in [5.74, 6) is 0.858. The van der Waals surface area contributed by atoms with Gasteiger partial charge in [0.2, 0.25) is 0 Å². The molecule has 0 spiro atoms. The van der Waals surface area contributed by atoms with E-state index in [9.17, 15) is 0 Å². The van der Waals surface area contributed by atoms with Crippen LogP contribution in [0.15, 0.2) is 23.1 Å². The average molecular weight is 280 g/mol. The van der Waals surface area contributed by atoms with Gasteiger partial charge in [0.15, 0.2) is 0 Å². The van der Waals surface area contributed by atoms with Crippen molar-refractivity contribution >= 4 is 35.2 Å². The van der Waals surface area contributed by atoms with Crippen LogP contribution in [0, 0.1) is 3.57 Å². The van der Waals surface area contributed by atoms with Crippen molar-refractivity contribution in [2.75, 3.05) is 6.61 Å². The number of halogens is 1. The summed E-state index contributed by atoms with van der Waals surface area (Å²) in [6.07, 6.45) is 0. The van der Waals surface area contributed by atoms with Crippen molar-refractivity contribution in [2.24, 2.45) is 0 Å². The van der Waals surface area contributed by atoms with Crippen molar-refractivity contribution in [1.82, 2.24) is 0 Å². The van der Waals surface area contributed by atoms with Crippen LogP contribution in [0.4, 0.5) is 0 Å². The molecule has 0 radical (unpaired) electrons. The lowest BCUT2D eigenvalue weighted by atomic mass is 10.3. The molecule has 0 saturated heterocycles. The summed E-state index contributed by atoms with van der Waals surface area (Å²) in [7, 11) is 0. The topological polar surface area (TPSA) is 9.23 Å². The summed E-state index contributed by atoms with van der Waals surface area (Å²) in [6, 6.07) is 5.92. The highest BCUT2D eigenvalue weighted by Gasteiger charge is 1.98. The van der Waals surface area contributed by atoms with Gasteiger partial charge in [0.25, 0.3) is 0 Å². The van der Waals surface area contributed by atoms with Gasteiger partial charge in [-0.15, -0.1) is 12.6 Å². The minimum absolute atomic E-state index is 0.689. The van der Waals surface area contributed by atoms with E-state index in [4.69, 9.17) is 4.74 Å². The summed E-state index contributed by atoms with van der Waals surface area (Å²) >= 11 is 6.52. The minimum atomic E-state index is 0.689. The van der Waals surface area contributed by atoms with E-state index in [0.29, 0.717) is 6.61 Å². The Morgan fingerprint density at radius 1 is 1.55 bits per heavy atom. The van der Waals surface area contributed by atoms with Crippen molar-refractivity contribution in [3.63, 3.8) is 0 Å². The third-order valence-electron chi connectivity index (χ3n) is 1.22. The van der Waals surface area contributed by atoms with Crippen LogP contribution in [0.2, 0.25) is 0 Å². The Kier molecular flexibility index (Phi) is 3.51. The molecule has 3 heteroatoms. The molecule has 0 amide bonds. The number of thiol groups is 1. The molecule has 0 unspecified atom stereocenters. The van der Waals surface area contributed by atoms with Crippen LogP contribution in [0.5, 0.6) is 5.75 Å². The van der Waals surface area contributed by atoms with E-state index in [1.165, 1.54) is 3.57 Å². The highest BCUT2D eigenvalue weighted by atomic mass is 127. The van der Waals surface area contributed by atoms with Crippen LogP contribution in [-0.4, -0.2) is 6.61 Å². The van der Waals surface area contributed by atoms with E-state index in [0.717, 1.165) is 10.6 Å². The van der Waals surface area contributed by atoms with E-state index < -0.39 is 0 Å². The molecule has 0 aliphatic rings. The first-order chi connectivity index (χ1) is 5.24. The molecule has 0 aliphatic carbocycles. The summed E-state index contributed by atoms with van der Waals surface area (Å²) in [4.78, 5) is 0.902. The van der Waals surface area contributed by atoms with Gasteiger partial charge in [0.1, 0.15) is 5.75 Å². The van der Waals surface area contributed by atoms with Crippen LogP contribution < -0.4 is 4.74 Å². The lowest BCUT2D eigenvalue weighted by Gasteiger charge is -2.05. The van der Waals surface area contributed by atoms with Gasteiger partial charge in [-0.3, -0.25) is 0 Å². The van der Waals surface area contributed by atoms with Crippen LogP contribution in [-0.2, 0) is 0 Å². The molecule has 1 nitrogen and oxygen atoms in total. The lowest BCUT2D eigenvalue weighted by Crippen LogP contribution is -1.92. The highest BCUT2D eigenvalue weighted by Crippen LogP contribution is 2.24. The summed E-state index contributed by atoms with van der Waals surface area (Å²) in [5, 5.41) is 0. The van der Waals surface area contributed by atoms with Gasteiger partial charge in [0.05, 0.1) is 6.61 Å². The van der Waals surface area contributed by atoms with Crippen molar-refractivity contribution in [2.45, 2.75) is 11.8 Å². The smallest absolute Gasteiger partial charge is 0.132 e. The Labute approximate surface area is 85.7 Å². The molecule has 0 fully saturated rings. The van der Waals surface area contributed by atoms with E-state index in [2.05, 4.69) is 35.2 Å². The van der Waals surface area contributed by atoms with Gasteiger partial charge in [0, 0.05) is 8.47 Å². The van der Waals surface area contributed by atoms with E-state index in [1.54, 1.807) is 0 Å². The van der Waals surface area contributed by atoms with Crippen molar-refractivity contribution in [1.29, 1.82) is 0 Å². The second-order valence-corrected chi connectivity index (χ2v) is 3.77. The maximum atomic E-state index is 5.31. The van der Waals surface area contributed by atoms with Gasteiger partial charge in [-0.25, -0.2) is 0 Å². The molecule has 60 valence electrons. The SMILES string of the molecule is CCOc1ccc(I)cc1S. The Balaban J connectivity index is 2.90. The number of ether oxygens (including phenoxy) is 1. The Morgan fingerprint density at radius 2 is 2.27 bits per heavy atom. The molecule has 0 atom stereocenters. The van der Waals surface area contributed by atoms with E-state index >= 15 is 0 Å². The second kappa shape index (κ2) is 4.21. The van der Waals surface area contributed by atoms with E-state index in [-0.39, 0.29) is 0 Å². The molecule has 1 aromatic carbocycles. The Morgan fingerprint density at radius 3 is 2.82 bits per heavy atom. The first kappa shape index (κ1) is 9.19. The van der Waals surface area contributed by atoms with Gasteiger partial charge in [-0.2, -0.15) is 0 Å². The zero-order valence-electron chi connectivity index (χ0n) is 6.17. The third kappa shape index (κ3) is 2.56.